The summed E-state index contributed by atoms with van der Waals surface area (Å²) in [4.78, 5) is 20.7. The summed E-state index contributed by atoms with van der Waals surface area (Å²) in [5.41, 5.74) is 4.30. The molecule has 128 valence electrons. The molecule has 5 nitrogen and oxygen atoms in total. The van der Waals surface area contributed by atoms with Gasteiger partial charge in [-0.05, 0) is 43.2 Å². The molecule has 0 aliphatic carbocycles. The second-order valence-corrected chi connectivity index (χ2v) is 6.70. The van der Waals surface area contributed by atoms with Crippen LogP contribution in [0.5, 0.6) is 0 Å². The molecule has 0 bridgehead atoms. The Labute approximate surface area is 151 Å². The van der Waals surface area contributed by atoms with E-state index in [0.29, 0.717) is 12.3 Å². The van der Waals surface area contributed by atoms with Crippen LogP contribution in [0.25, 0.3) is 5.69 Å². The summed E-state index contributed by atoms with van der Waals surface area (Å²) in [7, 11) is 0. The molecule has 0 unspecified atom stereocenters. The summed E-state index contributed by atoms with van der Waals surface area (Å²) in [6.45, 7) is 4.58. The Morgan fingerprint density at radius 1 is 1.16 bits per heavy atom. The van der Waals surface area contributed by atoms with Crippen molar-refractivity contribution in [3.63, 3.8) is 0 Å². The topological polar surface area (TPSA) is 59.8 Å². The smallest absolute Gasteiger partial charge is 0.230 e. The van der Waals surface area contributed by atoms with Gasteiger partial charge in [-0.3, -0.25) is 14.3 Å². The zero-order valence-electron chi connectivity index (χ0n) is 14.3. The van der Waals surface area contributed by atoms with Crippen molar-refractivity contribution in [2.24, 2.45) is 0 Å². The van der Waals surface area contributed by atoms with Gasteiger partial charge in [0, 0.05) is 18.6 Å². The van der Waals surface area contributed by atoms with Gasteiger partial charge in [-0.25, -0.2) is 4.98 Å². The third-order valence-corrected chi connectivity index (χ3v) is 4.72. The van der Waals surface area contributed by atoms with Crippen molar-refractivity contribution < 1.29 is 4.79 Å². The molecule has 0 saturated carbocycles. The number of benzene rings is 1. The van der Waals surface area contributed by atoms with E-state index >= 15 is 0 Å². The highest BCUT2D eigenvalue weighted by molar-refractivity contribution is 7.99. The minimum absolute atomic E-state index is 0.0360. The number of imidazole rings is 1. The van der Waals surface area contributed by atoms with E-state index in [-0.39, 0.29) is 5.91 Å². The Bertz CT molecular complexity index is 861. The van der Waals surface area contributed by atoms with Crippen LogP contribution in [-0.4, -0.2) is 26.2 Å². The molecule has 3 aromatic rings. The molecule has 1 N–H and O–H groups in total. The molecular weight excluding hydrogens is 332 g/mol. The van der Waals surface area contributed by atoms with Crippen molar-refractivity contribution in [1.29, 1.82) is 0 Å². The van der Waals surface area contributed by atoms with Gasteiger partial charge in [0.05, 0.1) is 23.7 Å². The van der Waals surface area contributed by atoms with Crippen LogP contribution in [0, 0.1) is 13.8 Å². The monoisotopic (exact) mass is 352 g/mol. The van der Waals surface area contributed by atoms with Gasteiger partial charge < -0.3 is 5.32 Å². The van der Waals surface area contributed by atoms with Crippen molar-refractivity contribution in [2.75, 3.05) is 5.75 Å². The van der Waals surface area contributed by atoms with E-state index in [1.54, 1.807) is 12.4 Å². The molecule has 0 fully saturated rings. The van der Waals surface area contributed by atoms with Gasteiger partial charge >= 0.3 is 0 Å². The van der Waals surface area contributed by atoms with Crippen molar-refractivity contribution in [3.05, 3.63) is 71.8 Å². The fraction of sp³-hybridized carbons (Fsp3) is 0.211. The Morgan fingerprint density at radius 3 is 2.84 bits per heavy atom. The Morgan fingerprint density at radius 2 is 2.04 bits per heavy atom. The molecule has 2 aromatic heterocycles. The molecule has 6 heteroatoms. The number of hydrogen-bond donors (Lipinski definition) is 1. The van der Waals surface area contributed by atoms with Crippen molar-refractivity contribution in [2.45, 2.75) is 25.5 Å². The summed E-state index contributed by atoms with van der Waals surface area (Å²) >= 11 is 1.43. The predicted molar refractivity (Wildman–Crippen MR) is 99.8 cm³/mol. The normalized spacial score (nSPS) is 10.6. The summed E-state index contributed by atoms with van der Waals surface area (Å²) in [5, 5.41) is 3.69. The first kappa shape index (κ1) is 17.2. The average Bonchev–Trinajstić information content (AvgIpc) is 3.09. The van der Waals surface area contributed by atoms with Crippen LogP contribution in [0.15, 0.2) is 60.1 Å². The predicted octanol–water partition coefficient (Wildman–Crippen LogP) is 3.29. The number of thioether (sulfide) groups is 1. The van der Waals surface area contributed by atoms with Gasteiger partial charge in [0.15, 0.2) is 5.16 Å². The molecule has 1 aromatic carbocycles. The number of rotatable bonds is 6. The van der Waals surface area contributed by atoms with Crippen LogP contribution in [-0.2, 0) is 11.3 Å². The first-order valence-electron chi connectivity index (χ1n) is 8.04. The van der Waals surface area contributed by atoms with E-state index in [1.807, 2.05) is 29.0 Å². The first-order valence-corrected chi connectivity index (χ1v) is 9.02. The van der Waals surface area contributed by atoms with E-state index in [9.17, 15) is 4.79 Å². The largest absolute Gasteiger partial charge is 0.350 e. The van der Waals surface area contributed by atoms with Gasteiger partial charge in [0.25, 0.3) is 0 Å². The molecule has 25 heavy (non-hydrogen) atoms. The first-order chi connectivity index (χ1) is 12.1. The Kier molecular flexibility index (Phi) is 5.50. The van der Waals surface area contributed by atoms with Crippen LogP contribution in [0.2, 0.25) is 0 Å². The number of carbonyl (C=O) groups is 1. The zero-order valence-corrected chi connectivity index (χ0v) is 15.1. The molecule has 2 heterocycles. The summed E-state index contributed by atoms with van der Waals surface area (Å²) in [6, 6.07) is 12.0. The van der Waals surface area contributed by atoms with Crippen molar-refractivity contribution in [3.8, 4) is 5.69 Å². The second kappa shape index (κ2) is 7.98. The molecule has 0 spiro atoms. The third-order valence-electron chi connectivity index (χ3n) is 3.76. The number of aryl methyl sites for hydroxylation is 2. The van der Waals surface area contributed by atoms with E-state index < -0.39 is 0 Å². The number of nitrogens with one attached hydrogen (secondary N) is 1. The lowest BCUT2D eigenvalue weighted by molar-refractivity contribution is -0.118. The lowest BCUT2D eigenvalue weighted by atomic mass is 10.1. The fourth-order valence-corrected chi connectivity index (χ4v) is 3.23. The van der Waals surface area contributed by atoms with Crippen LogP contribution >= 0.6 is 11.8 Å². The number of nitrogens with zero attached hydrogens (tertiary/aromatic N) is 3. The maximum atomic E-state index is 12.1. The molecule has 0 atom stereocenters. The van der Waals surface area contributed by atoms with E-state index in [4.69, 9.17) is 0 Å². The maximum absolute atomic E-state index is 12.1. The van der Waals surface area contributed by atoms with Gasteiger partial charge in [-0.2, -0.15) is 0 Å². The summed E-state index contributed by atoms with van der Waals surface area (Å²) in [6.07, 6.45) is 5.41. The highest BCUT2D eigenvalue weighted by Crippen LogP contribution is 2.23. The number of amides is 1. The Balaban J connectivity index is 1.62. The summed E-state index contributed by atoms with van der Waals surface area (Å²) in [5.74, 6) is 0.278. The van der Waals surface area contributed by atoms with E-state index in [1.165, 1.54) is 22.9 Å². The standard InChI is InChI=1S/C19H20N4OS/c1-14-6-7-15(2)17(11-14)23-10-9-21-19(23)25-13-18(24)22-12-16-5-3-4-8-20-16/h3-11H,12-13H2,1-2H3,(H,22,24). The maximum Gasteiger partial charge on any atom is 0.230 e. The molecular formula is C19H20N4OS. The third kappa shape index (κ3) is 4.48. The average molecular weight is 352 g/mol. The molecule has 0 aliphatic heterocycles. The zero-order chi connectivity index (χ0) is 17.6. The fourth-order valence-electron chi connectivity index (χ4n) is 2.43. The number of hydrogen-bond acceptors (Lipinski definition) is 4. The highest BCUT2D eigenvalue weighted by Gasteiger charge is 2.11. The minimum atomic E-state index is -0.0360. The number of carbonyl (C=O) groups excluding carboxylic acids is 1. The highest BCUT2D eigenvalue weighted by atomic mass is 32.2. The molecule has 0 aliphatic rings. The molecule has 0 radical (unpaired) electrons. The van der Waals surface area contributed by atoms with E-state index in [2.05, 4.69) is 47.3 Å². The Hall–Kier alpha value is -2.60. The second-order valence-electron chi connectivity index (χ2n) is 5.76. The molecule has 1 amide bonds. The number of aromatic nitrogens is 3. The van der Waals surface area contributed by atoms with Gasteiger partial charge in [-0.1, -0.05) is 30.0 Å². The molecule has 0 saturated heterocycles. The lowest BCUT2D eigenvalue weighted by Crippen LogP contribution is -2.25. The van der Waals surface area contributed by atoms with Crippen LogP contribution < -0.4 is 5.32 Å². The molecule has 3 rings (SSSR count). The summed E-state index contributed by atoms with van der Waals surface area (Å²) < 4.78 is 2.03. The quantitative estimate of drug-likeness (QED) is 0.692. The SMILES string of the molecule is Cc1ccc(C)c(-n2ccnc2SCC(=O)NCc2ccccn2)c1. The van der Waals surface area contributed by atoms with Crippen molar-refractivity contribution >= 4 is 17.7 Å². The van der Waals surface area contributed by atoms with Gasteiger partial charge in [0.1, 0.15) is 0 Å². The number of pyridine rings is 1. The minimum Gasteiger partial charge on any atom is -0.350 e. The van der Waals surface area contributed by atoms with Crippen LogP contribution in [0.4, 0.5) is 0 Å². The van der Waals surface area contributed by atoms with Gasteiger partial charge in [0.2, 0.25) is 5.91 Å². The van der Waals surface area contributed by atoms with E-state index in [0.717, 1.165) is 16.5 Å². The lowest BCUT2D eigenvalue weighted by Gasteiger charge is -2.11. The van der Waals surface area contributed by atoms with Crippen LogP contribution in [0.1, 0.15) is 16.8 Å². The van der Waals surface area contributed by atoms with Gasteiger partial charge in [-0.15, -0.1) is 0 Å². The van der Waals surface area contributed by atoms with Crippen molar-refractivity contribution in [1.82, 2.24) is 19.9 Å². The van der Waals surface area contributed by atoms with Crippen LogP contribution in [0.3, 0.4) is 0 Å².